The molecule has 0 heterocycles. The first-order valence-corrected chi connectivity index (χ1v) is 5.00. The topological polar surface area (TPSA) is 113 Å². The molecule has 6 heteroatoms. The first kappa shape index (κ1) is 13.0. The maximum Gasteiger partial charge on any atom is 0.246 e. The van der Waals surface area contributed by atoms with Crippen LogP contribution in [0.1, 0.15) is 5.56 Å². The average molecular weight is 238 g/mol. The van der Waals surface area contributed by atoms with Crippen LogP contribution in [0, 0.1) is 0 Å². The summed E-state index contributed by atoms with van der Waals surface area (Å²) in [5.74, 6) is -1.23. The zero-order valence-electron chi connectivity index (χ0n) is 9.09. The van der Waals surface area contributed by atoms with E-state index in [0.717, 1.165) is 5.56 Å². The molecule has 1 aromatic rings. The minimum absolute atomic E-state index is 0.115. The number of nitrogens with two attached hydrogens (primary N) is 1. The molecule has 0 spiro atoms. The molecule has 0 radical (unpaired) electrons. The van der Waals surface area contributed by atoms with Gasteiger partial charge in [0.25, 0.3) is 0 Å². The highest BCUT2D eigenvalue weighted by Crippen LogP contribution is 2.11. The van der Waals surface area contributed by atoms with Gasteiger partial charge in [0.05, 0.1) is 0 Å². The molecule has 0 saturated heterocycles. The van der Waals surface area contributed by atoms with Crippen LogP contribution in [0.15, 0.2) is 24.3 Å². The highest BCUT2D eigenvalue weighted by Gasteiger charge is 2.17. The van der Waals surface area contributed by atoms with Gasteiger partial charge in [-0.1, -0.05) is 12.1 Å². The minimum Gasteiger partial charge on any atom is -0.508 e. The SMILES string of the molecule is NC(=O)[C@H](Cc1ccc(O)cc1)NC(=O)CO. The fourth-order valence-electron chi connectivity index (χ4n) is 1.33. The molecule has 0 aliphatic heterocycles. The summed E-state index contributed by atoms with van der Waals surface area (Å²) in [6.45, 7) is -0.695. The molecule has 0 aliphatic rings. The number of nitrogens with one attached hydrogen (secondary N) is 1. The third kappa shape index (κ3) is 4.12. The maximum atomic E-state index is 11.1. The Hall–Kier alpha value is -2.08. The van der Waals surface area contributed by atoms with Gasteiger partial charge < -0.3 is 21.3 Å². The highest BCUT2D eigenvalue weighted by molar-refractivity contribution is 5.87. The van der Waals surface area contributed by atoms with Crippen LogP contribution in [0.3, 0.4) is 0 Å². The molecular weight excluding hydrogens is 224 g/mol. The second-order valence-corrected chi connectivity index (χ2v) is 3.55. The molecule has 0 bridgehead atoms. The van der Waals surface area contributed by atoms with Gasteiger partial charge in [0, 0.05) is 6.42 Å². The highest BCUT2D eigenvalue weighted by atomic mass is 16.3. The van der Waals surface area contributed by atoms with Crippen molar-refractivity contribution in [3.05, 3.63) is 29.8 Å². The third-order valence-electron chi connectivity index (χ3n) is 2.20. The van der Waals surface area contributed by atoms with Gasteiger partial charge >= 0.3 is 0 Å². The fraction of sp³-hybridized carbons (Fsp3) is 0.273. The van der Waals surface area contributed by atoms with E-state index in [9.17, 15) is 9.59 Å². The summed E-state index contributed by atoms with van der Waals surface area (Å²) >= 11 is 0. The Labute approximate surface area is 98.1 Å². The van der Waals surface area contributed by atoms with Gasteiger partial charge in [0.1, 0.15) is 18.4 Å². The number of aromatic hydroxyl groups is 1. The lowest BCUT2D eigenvalue weighted by Gasteiger charge is -2.14. The Morgan fingerprint density at radius 3 is 2.35 bits per heavy atom. The van der Waals surface area contributed by atoms with Gasteiger partial charge in [-0.15, -0.1) is 0 Å². The van der Waals surface area contributed by atoms with Crippen LogP contribution in [0.4, 0.5) is 0 Å². The Morgan fingerprint density at radius 1 is 1.29 bits per heavy atom. The summed E-state index contributed by atoms with van der Waals surface area (Å²) in [6.07, 6.45) is 0.210. The van der Waals surface area contributed by atoms with Crippen LogP contribution in [0.25, 0.3) is 0 Å². The van der Waals surface area contributed by atoms with Crippen molar-refractivity contribution in [3.8, 4) is 5.75 Å². The summed E-state index contributed by atoms with van der Waals surface area (Å²) in [4.78, 5) is 22.1. The lowest BCUT2D eigenvalue weighted by Crippen LogP contribution is -2.46. The lowest BCUT2D eigenvalue weighted by molar-refractivity contribution is -0.129. The van der Waals surface area contributed by atoms with E-state index in [1.54, 1.807) is 12.1 Å². The molecule has 0 aromatic heterocycles. The second kappa shape index (κ2) is 5.86. The Kier molecular flexibility index (Phi) is 4.47. The summed E-state index contributed by atoms with van der Waals surface area (Å²) in [5.41, 5.74) is 5.87. The number of benzene rings is 1. The Balaban J connectivity index is 2.70. The predicted octanol–water partition coefficient (Wildman–Crippen LogP) is -1.10. The van der Waals surface area contributed by atoms with Crippen molar-refractivity contribution in [2.75, 3.05) is 6.61 Å². The number of carbonyl (C=O) groups excluding carboxylic acids is 2. The summed E-state index contributed by atoms with van der Waals surface area (Å²) < 4.78 is 0. The molecule has 1 aromatic carbocycles. The third-order valence-corrected chi connectivity index (χ3v) is 2.20. The molecule has 2 amide bonds. The number of aliphatic hydroxyl groups excluding tert-OH is 1. The van der Waals surface area contributed by atoms with Crippen molar-refractivity contribution in [3.63, 3.8) is 0 Å². The van der Waals surface area contributed by atoms with E-state index >= 15 is 0 Å². The molecule has 92 valence electrons. The van der Waals surface area contributed by atoms with Crippen LogP contribution >= 0.6 is 0 Å². The van der Waals surface area contributed by atoms with E-state index in [1.807, 2.05) is 0 Å². The van der Waals surface area contributed by atoms with E-state index in [1.165, 1.54) is 12.1 Å². The Bertz CT molecular complexity index is 402. The van der Waals surface area contributed by atoms with E-state index in [4.69, 9.17) is 15.9 Å². The van der Waals surface area contributed by atoms with E-state index < -0.39 is 24.5 Å². The summed E-state index contributed by atoms with van der Waals surface area (Å²) in [6, 6.07) is 5.31. The summed E-state index contributed by atoms with van der Waals surface area (Å²) in [5, 5.41) is 20.0. The number of hydrogen-bond acceptors (Lipinski definition) is 4. The normalized spacial score (nSPS) is 11.8. The van der Waals surface area contributed by atoms with Gasteiger partial charge in [-0.05, 0) is 17.7 Å². The number of phenols is 1. The molecule has 0 saturated carbocycles. The molecule has 1 atom stereocenters. The van der Waals surface area contributed by atoms with E-state index in [2.05, 4.69) is 5.32 Å². The van der Waals surface area contributed by atoms with E-state index in [-0.39, 0.29) is 12.2 Å². The van der Waals surface area contributed by atoms with E-state index in [0.29, 0.717) is 0 Å². The van der Waals surface area contributed by atoms with Crippen LogP contribution < -0.4 is 11.1 Å². The molecule has 5 N–H and O–H groups in total. The molecule has 0 aliphatic carbocycles. The maximum absolute atomic E-state index is 11.1. The smallest absolute Gasteiger partial charge is 0.246 e. The number of rotatable bonds is 5. The van der Waals surface area contributed by atoms with Gasteiger partial charge in [-0.25, -0.2) is 0 Å². The van der Waals surface area contributed by atoms with Gasteiger partial charge in [-0.2, -0.15) is 0 Å². The van der Waals surface area contributed by atoms with Crippen LogP contribution in [-0.2, 0) is 16.0 Å². The van der Waals surface area contributed by atoms with Crippen LogP contribution in [0.5, 0.6) is 5.75 Å². The first-order chi connectivity index (χ1) is 8.02. The van der Waals surface area contributed by atoms with Crippen LogP contribution in [-0.4, -0.2) is 34.7 Å². The largest absolute Gasteiger partial charge is 0.508 e. The zero-order chi connectivity index (χ0) is 12.8. The quantitative estimate of drug-likeness (QED) is 0.521. The van der Waals surface area contributed by atoms with Crippen molar-refractivity contribution < 1.29 is 19.8 Å². The van der Waals surface area contributed by atoms with Crippen molar-refractivity contribution >= 4 is 11.8 Å². The number of hydrogen-bond donors (Lipinski definition) is 4. The number of carbonyl (C=O) groups is 2. The van der Waals surface area contributed by atoms with Crippen molar-refractivity contribution in [1.82, 2.24) is 5.32 Å². The van der Waals surface area contributed by atoms with Crippen LogP contribution in [0.2, 0.25) is 0 Å². The molecular formula is C11H14N2O4. The standard InChI is InChI=1S/C11H14N2O4/c12-11(17)9(13-10(16)6-14)5-7-1-3-8(15)4-2-7/h1-4,9,14-15H,5-6H2,(H2,12,17)(H,13,16)/t9-/m0/s1. The first-order valence-electron chi connectivity index (χ1n) is 5.00. The van der Waals surface area contributed by atoms with Crippen molar-refractivity contribution in [2.24, 2.45) is 5.73 Å². The van der Waals surface area contributed by atoms with Gasteiger partial charge in [0.15, 0.2) is 0 Å². The van der Waals surface area contributed by atoms with Gasteiger partial charge in [-0.3, -0.25) is 9.59 Å². The lowest BCUT2D eigenvalue weighted by atomic mass is 10.1. The number of phenolic OH excluding ortho intramolecular Hbond substituents is 1. The number of aliphatic hydroxyl groups is 1. The molecule has 0 unspecified atom stereocenters. The minimum atomic E-state index is -0.876. The Morgan fingerprint density at radius 2 is 1.88 bits per heavy atom. The summed E-state index contributed by atoms with van der Waals surface area (Å²) in [7, 11) is 0. The number of primary amides is 1. The predicted molar refractivity (Wildman–Crippen MR) is 60.0 cm³/mol. The molecule has 1 rings (SSSR count). The average Bonchev–Trinajstić information content (AvgIpc) is 2.30. The van der Waals surface area contributed by atoms with Crippen molar-refractivity contribution in [1.29, 1.82) is 0 Å². The van der Waals surface area contributed by atoms with Crippen molar-refractivity contribution in [2.45, 2.75) is 12.5 Å². The fourth-order valence-corrected chi connectivity index (χ4v) is 1.33. The van der Waals surface area contributed by atoms with Gasteiger partial charge in [0.2, 0.25) is 11.8 Å². The second-order valence-electron chi connectivity index (χ2n) is 3.55. The molecule has 6 nitrogen and oxygen atoms in total. The zero-order valence-corrected chi connectivity index (χ0v) is 9.09. The molecule has 0 fully saturated rings. The molecule has 17 heavy (non-hydrogen) atoms. The monoisotopic (exact) mass is 238 g/mol. The number of amides is 2.